The number of sulfonamides is 1. The van der Waals surface area contributed by atoms with Gasteiger partial charge in [0.2, 0.25) is 15.9 Å². The summed E-state index contributed by atoms with van der Waals surface area (Å²) in [7, 11) is -1.88. The number of nitrogens with zero attached hydrogens (tertiary/aromatic N) is 2. The number of ether oxygens (including phenoxy) is 1. The molecule has 2 aliphatic heterocycles. The molecule has 1 amide bonds. The first-order chi connectivity index (χ1) is 13.9. The molecule has 1 N–H and O–H groups in total. The van der Waals surface area contributed by atoms with Crippen molar-refractivity contribution in [2.24, 2.45) is 0 Å². The fraction of sp³-hybridized carbons (Fsp3) is 0.650. The van der Waals surface area contributed by atoms with Gasteiger partial charge in [-0.15, -0.1) is 0 Å². The molecule has 9 heteroatoms. The smallest absolute Gasteiger partial charge is 0.240 e. The lowest BCUT2D eigenvalue weighted by Crippen LogP contribution is -2.50. The number of rotatable bonds is 7. The van der Waals surface area contributed by atoms with Crippen LogP contribution in [0.4, 0.5) is 0 Å². The number of benzene rings is 1. The number of halogens is 1. The fourth-order valence-electron chi connectivity index (χ4n) is 4.12. The summed E-state index contributed by atoms with van der Waals surface area (Å²) in [5.41, 5.74) is 0. The highest BCUT2D eigenvalue weighted by Crippen LogP contribution is 2.22. The van der Waals surface area contributed by atoms with Crippen molar-refractivity contribution >= 4 is 27.5 Å². The number of hydrogen-bond donors (Lipinski definition) is 1. The van der Waals surface area contributed by atoms with Gasteiger partial charge in [0.15, 0.2) is 0 Å². The van der Waals surface area contributed by atoms with Crippen molar-refractivity contribution in [3.63, 3.8) is 0 Å². The Kier molecular flexibility index (Phi) is 7.92. The number of amides is 1. The Morgan fingerprint density at radius 3 is 2.48 bits per heavy atom. The number of nitrogens with one attached hydrogen (secondary N) is 1. The standard InChI is InChI=1S/C20H30ClN3O4S/c1-28-18-8-13-23(14-9-18)17-6-11-24(12-7-17)20(25)5-10-22-29(26,27)19-4-2-3-16(21)15-19/h2-4,15,17-18,22H,5-14H2,1H3. The molecule has 2 saturated heterocycles. The topological polar surface area (TPSA) is 79.0 Å². The van der Waals surface area contributed by atoms with E-state index in [1.54, 1.807) is 19.2 Å². The average Bonchev–Trinajstić information content (AvgIpc) is 2.74. The number of hydrogen-bond acceptors (Lipinski definition) is 5. The average molecular weight is 444 g/mol. The second kappa shape index (κ2) is 10.2. The van der Waals surface area contributed by atoms with Gasteiger partial charge in [-0.1, -0.05) is 17.7 Å². The molecule has 2 heterocycles. The minimum Gasteiger partial charge on any atom is -0.381 e. The first-order valence-electron chi connectivity index (χ1n) is 10.2. The normalized spacial score (nSPS) is 20.1. The van der Waals surface area contributed by atoms with E-state index >= 15 is 0 Å². The summed E-state index contributed by atoms with van der Waals surface area (Å²) in [5.74, 6) is -0.00432. The van der Waals surface area contributed by atoms with Gasteiger partial charge in [0, 0.05) is 57.3 Å². The van der Waals surface area contributed by atoms with E-state index in [2.05, 4.69) is 9.62 Å². The predicted molar refractivity (Wildman–Crippen MR) is 112 cm³/mol. The Morgan fingerprint density at radius 1 is 1.17 bits per heavy atom. The van der Waals surface area contributed by atoms with Crippen LogP contribution >= 0.6 is 11.6 Å². The minimum absolute atomic E-state index is 0.00432. The second-order valence-electron chi connectivity index (χ2n) is 7.69. The molecule has 162 valence electrons. The van der Waals surface area contributed by atoms with Gasteiger partial charge in [0.05, 0.1) is 11.0 Å². The third-order valence-corrected chi connectivity index (χ3v) is 7.57. The molecule has 0 atom stereocenters. The van der Waals surface area contributed by atoms with Crippen molar-refractivity contribution < 1.29 is 17.9 Å². The van der Waals surface area contributed by atoms with Crippen LogP contribution in [0.5, 0.6) is 0 Å². The second-order valence-corrected chi connectivity index (χ2v) is 9.89. The third-order valence-electron chi connectivity index (χ3n) is 5.88. The highest BCUT2D eigenvalue weighted by molar-refractivity contribution is 7.89. The van der Waals surface area contributed by atoms with Gasteiger partial charge < -0.3 is 14.5 Å². The zero-order valence-electron chi connectivity index (χ0n) is 16.8. The summed E-state index contributed by atoms with van der Waals surface area (Å²) in [6.45, 7) is 3.66. The number of likely N-dealkylation sites (tertiary alicyclic amines) is 2. The summed E-state index contributed by atoms with van der Waals surface area (Å²) in [5, 5.41) is 0.360. The SMILES string of the molecule is COC1CCN(C2CCN(C(=O)CCNS(=O)(=O)c3cccc(Cl)c3)CC2)CC1. The van der Waals surface area contributed by atoms with Gasteiger partial charge in [-0.25, -0.2) is 13.1 Å². The van der Waals surface area contributed by atoms with Crippen LogP contribution in [0.3, 0.4) is 0 Å². The Morgan fingerprint density at radius 2 is 1.86 bits per heavy atom. The van der Waals surface area contributed by atoms with Crippen molar-refractivity contribution in [2.45, 2.75) is 49.1 Å². The van der Waals surface area contributed by atoms with Crippen LogP contribution in [0, 0.1) is 0 Å². The molecule has 0 radical (unpaired) electrons. The fourth-order valence-corrected chi connectivity index (χ4v) is 5.46. The van der Waals surface area contributed by atoms with Crippen molar-refractivity contribution in [2.75, 3.05) is 39.8 Å². The highest BCUT2D eigenvalue weighted by Gasteiger charge is 2.29. The number of piperidine rings is 2. The van der Waals surface area contributed by atoms with Crippen molar-refractivity contribution in [3.8, 4) is 0 Å². The Labute approximate surface area is 178 Å². The molecule has 0 unspecified atom stereocenters. The molecule has 0 saturated carbocycles. The molecule has 0 aliphatic carbocycles. The Bertz CT molecular complexity index is 789. The van der Waals surface area contributed by atoms with E-state index in [1.165, 1.54) is 12.1 Å². The summed E-state index contributed by atoms with van der Waals surface area (Å²) in [4.78, 5) is 17.0. The lowest BCUT2D eigenvalue weighted by Gasteiger charge is -2.41. The molecule has 29 heavy (non-hydrogen) atoms. The quantitative estimate of drug-likeness (QED) is 0.698. The van der Waals surface area contributed by atoms with E-state index in [9.17, 15) is 13.2 Å². The van der Waals surface area contributed by atoms with Gasteiger partial charge in [-0.05, 0) is 43.9 Å². The monoisotopic (exact) mass is 443 g/mol. The maximum atomic E-state index is 12.5. The van der Waals surface area contributed by atoms with E-state index < -0.39 is 10.0 Å². The Balaban J connectivity index is 1.40. The van der Waals surface area contributed by atoms with Gasteiger partial charge in [0.1, 0.15) is 0 Å². The molecule has 0 bridgehead atoms. The zero-order valence-corrected chi connectivity index (χ0v) is 18.4. The van der Waals surface area contributed by atoms with Crippen LogP contribution in [0.15, 0.2) is 29.2 Å². The summed E-state index contributed by atoms with van der Waals surface area (Å²) >= 11 is 5.86. The van der Waals surface area contributed by atoms with Crippen molar-refractivity contribution in [3.05, 3.63) is 29.3 Å². The molecular formula is C20H30ClN3O4S. The first kappa shape index (κ1) is 22.5. The number of carbonyl (C=O) groups is 1. The highest BCUT2D eigenvalue weighted by atomic mass is 35.5. The van der Waals surface area contributed by atoms with Crippen LogP contribution in [0.1, 0.15) is 32.1 Å². The number of methoxy groups -OCH3 is 1. The third kappa shape index (κ3) is 6.15. The van der Waals surface area contributed by atoms with E-state index in [4.69, 9.17) is 16.3 Å². The van der Waals surface area contributed by atoms with Gasteiger partial charge in [0.25, 0.3) is 0 Å². The van der Waals surface area contributed by atoms with Crippen LogP contribution in [0.2, 0.25) is 5.02 Å². The largest absolute Gasteiger partial charge is 0.381 e. The van der Waals surface area contributed by atoms with Gasteiger partial charge >= 0.3 is 0 Å². The van der Waals surface area contributed by atoms with E-state index in [-0.39, 0.29) is 23.8 Å². The Hall–Kier alpha value is -1.19. The summed E-state index contributed by atoms with van der Waals surface area (Å²) in [6, 6.07) is 6.61. The first-order valence-corrected chi connectivity index (χ1v) is 12.0. The molecule has 2 fully saturated rings. The molecule has 0 spiro atoms. The molecule has 2 aliphatic rings. The van der Waals surface area contributed by atoms with Gasteiger partial charge in [-0.2, -0.15) is 0 Å². The molecule has 1 aromatic carbocycles. The number of carbonyl (C=O) groups excluding carboxylic acids is 1. The molecular weight excluding hydrogens is 414 g/mol. The lowest BCUT2D eigenvalue weighted by atomic mass is 9.98. The maximum absolute atomic E-state index is 12.5. The molecule has 0 aromatic heterocycles. The maximum Gasteiger partial charge on any atom is 0.240 e. The molecule has 3 rings (SSSR count). The van der Waals surface area contributed by atoms with Crippen LogP contribution in [0.25, 0.3) is 0 Å². The van der Waals surface area contributed by atoms with Gasteiger partial charge in [-0.3, -0.25) is 4.79 Å². The van der Waals surface area contributed by atoms with Crippen molar-refractivity contribution in [1.29, 1.82) is 0 Å². The van der Waals surface area contributed by atoms with Crippen LogP contribution in [-0.2, 0) is 19.6 Å². The van der Waals surface area contributed by atoms with E-state index in [0.717, 1.165) is 51.9 Å². The van der Waals surface area contributed by atoms with E-state index in [0.29, 0.717) is 17.2 Å². The van der Waals surface area contributed by atoms with Crippen molar-refractivity contribution in [1.82, 2.24) is 14.5 Å². The summed E-state index contributed by atoms with van der Waals surface area (Å²) < 4.78 is 32.5. The predicted octanol–water partition coefficient (Wildman–Crippen LogP) is 2.11. The van der Waals surface area contributed by atoms with Crippen LogP contribution in [-0.4, -0.2) is 76.1 Å². The molecule has 1 aromatic rings. The minimum atomic E-state index is -3.66. The molecule has 7 nitrogen and oxygen atoms in total. The summed E-state index contributed by atoms with van der Waals surface area (Å²) in [6.07, 6.45) is 4.62. The van der Waals surface area contributed by atoms with Crippen LogP contribution < -0.4 is 4.72 Å². The lowest BCUT2D eigenvalue weighted by molar-refractivity contribution is -0.132. The van der Waals surface area contributed by atoms with E-state index in [1.807, 2.05) is 4.90 Å². The zero-order chi connectivity index (χ0) is 20.9.